The molecule has 0 amide bonds. The minimum Gasteiger partial charge on any atom is -0.206 e. The first kappa shape index (κ1) is 11.5. The van der Waals surface area contributed by atoms with Crippen LogP contribution >= 0.6 is 28.6 Å². The summed E-state index contributed by atoms with van der Waals surface area (Å²) in [5, 5.41) is 0. The normalized spacial score (nSPS) is 9.43. The molecule has 14 heavy (non-hydrogen) atoms. The molecule has 1 aromatic carbocycles. The monoisotopic (exact) mass is 276 g/mol. The highest BCUT2D eigenvalue weighted by atomic mass is 79.9. The molecule has 0 atom stereocenters. The Morgan fingerprint density at radius 3 is 2.36 bits per heavy atom. The van der Waals surface area contributed by atoms with Crippen LogP contribution in [0.4, 0.5) is 8.78 Å². The van der Waals surface area contributed by atoms with E-state index in [1.165, 1.54) is 12.1 Å². The summed E-state index contributed by atoms with van der Waals surface area (Å²) in [5.74, 6) is 4.76. The number of hydrogen-bond acceptors (Lipinski definition) is 1. The third kappa shape index (κ3) is 3.00. The molecule has 4 heteroatoms. The molecule has 0 nitrogen and oxygen atoms in total. The Morgan fingerprint density at radius 1 is 1.29 bits per heavy atom. The molecule has 0 unspecified atom stereocenters. The van der Waals surface area contributed by atoms with E-state index in [0.29, 0.717) is 17.7 Å². The minimum absolute atomic E-state index is 0.155. The summed E-state index contributed by atoms with van der Waals surface area (Å²) in [6.07, 6.45) is 0.600. The molecule has 0 heterocycles. The summed E-state index contributed by atoms with van der Waals surface area (Å²) < 4.78 is 25.8. The van der Waals surface area contributed by atoms with Gasteiger partial charge in [-0.25, -0.2) is 8.78 Å². The molecule has 0 spiro atoms. The summed E-state index contributed by atoms with van der Waals surface area (Å²) in [4.78, 5) is 0. The summed E-state index contributed by atoms with van der Waals surface area (Å²) in [5.41, 5.74) is 0.338. The molecule has 1 aromatic rings. The number of benzene rings is 1. The third-order valence-electron chi connectivity index (χ3n) is 1.45. The Kier molecular flexibility index (Phi) is 4.43. The molecule has 0 aliphatic rings. The Hall–Kier alpha value is -0.530. The molecule has 0 aliphatic carbocycles. The van der Waals surface area contributed by atoms with Crippen molar-refractivity contribution < 1.29 is 8.78 Å². The number of halogens is 3. The van der Waals surface area contributed by atoms with E-state index in [1.54, 1.807) is 0 Å². The molecule has 0 saturated heterocycles. The summed E-state index contributed by atoms with van der Waals surface area (Å²) in [6.45, 7) is 0. The van der Waals surface area contributed by atoms with Crippen LogP contribution in [0.5, 0.6) is 0 Å². The van der Waals surface area contributed by atoms with Crippen LogP contribution in [-0.4, -0.2) is 5.75 Å². The maximum absolute atomic E-state index is 13.0. The number of hydrogen-bond donors (Lipinski definition) is 1. The molecule has 0 fully saturated rings. The van der Waals surface area contributed by atoms with E-state index in [0.717, 1.165) is 0 Å². The van der Waals surface area contributed by atoms with Crippen LogP contribution in [0.3, 0.4) is 0 Å². The van der Waals surface area contributed by atoms with E-state index in [-0.39, 0.29) is 4.47 Å². The van der Waals surface area contributed by atoms with Crippen LogP contribution in [0.1, 0.15) is 12.0 Å². The first-order chi connectivity index (χ1) is 6.65. The van der Waals surface area contributed by atoms with Crippen molar-refractivity contribution in [3.63, 3.8) is 0 Å². The number of thiol groups is 1. The van der Waals surface area contributed by atoms with Gasteiger partial charge in [0.05, 0.1) is 4.47 Å². The first-order valence-electron chi connectivity index (χ1n) is 3.89. The second-order valence-electron chi connectivity index (χ2n) is 2.53. The van der Waals surface area contributed by atoms with Gasteiger partial charge in [0.2, 0.25) is 0 Å². The quantitative estimate of drug-likeness (QED) is 0.454. The van der Waals surface area contributed by atoms with E-state index >= 15 is 0 Å². The van der Waals surface area contributed by atoms with Gasteiger partial charge in [-0.2, -0.15) is 12.6 Å². The molecule has 0 bridgehead atoms. The number of rotatable bonds is 1. The van der Waals surface area contributed by atoms with Gasteiger partial charge in [-0.15, -0.1) is 0 Å². The van der Waals surface area contributed by atoms with Gasteiger partial charge in [-0.05, 0) is 28.1 Å². The van der Waals surface area contributed by atoms with Crippen LogP contribution in [0.15, 0.2) is 16.6 Å². The van der Waals surface area contributed by atoms with E-state index in [9.17, 15) is 8.78 Å². The fourth-order valence-electron chi connectivity index (χ4n) is 0.848. The van der Waals surface area contributed by atoms with E-state index in [2.05, 4.69) is 40.4 Å². The van der Waals surface area contributed by atoms with Crippen LogP contribution in [0, 0.1) is 23.5 Å². The molecular weight excluding hydrogens is 270 g/mol. The zero-order valence-corrected chi connectivity index (χ0v) is 9.63. The lowest BCUT2D eigenvalue weighted by atomic mass is 10.2. The molecule has 0 aromatic heterocycles. The maximum Gasteiger partial charge on any atom is 0.141 e. The molecular formula is C10H7BrF2S. The Morgan fingerprint density at radius 2 is 1.86 bits per heavy atom. The maximum atomic E-state index is 13.0. The lowest BCUT2D eigenvalue weighted by Gasteiger charge is -1.97. The Balaban J connectivity index is 2.97. The second kappa shape index (κ2) is 5.38. The highest BCUT2D eigenvalue weighted by molar-refractivity contribution is 9.10. The van der Waals surface area contributed by atoms with E-state index in [1.807, 2.05) is 0 Å². The predicted octanol–water partition coefficient (Wildman–Crippen LogP) is 3.40. The predicted molar refractivity (Wildman–Crippen MR) is 59.4 cm³/mol. The zero-order chi connectivity index (χ0) is 10.6. The average Bonchev–Trinajstić information content (AvgIpc) is 2.14. The van der Waals surface area contributed by atoms with Gasteiger partial charge >= 0.3 is 0 Å². The molecule has 0 saturated carbocycles. The zero-order valence-electron chi connectivity index (χ0n) is 7.15. The van der Waals surface area contributed by atoms with Gasteiger partial charge < -0.3 is 0 Å². The van der Waals surface area contributed by atoms with E-state index < -0.39 is 11.6 Å². The fraction of sp³-hybridized carbons (Fsp3) is 0.200. The Bertz CT molecular complexity index is 370. The minimum atomic E-state index is -0.639. The van der Waals surface area contributed by atoms with Gasteiger partial charge in [0, 0.05) is 17.7 Å². The third-order valence-corrected chi connectivity index (χ3v) is 2.43. The van der Waals surface area contributed by atoms with Crippen molar-refractivity contribution in [2.45, 2.75) is 6.42 Å². The van der Waals surface area contributed by atoms with Gasteiger partial charge in [0.15, 0.2) is 0 Å². The smallest absolute Gasteiger partial charge is 0.141 e. The van der Waals surface area contributed by atoms with Crippen LogP contribution in [0.25, 0.3) is 0 Å². The van der Waals surface area contributed by atoms with Crippen molar-refractivity contribution in [2.75, 3.05) is 5.75 Å². The average molecular weight is 277 g/mol. The van der Waals surface area contributed by atoms with Gasteiger partial charge in [-0.1, -0.05) is 11.8 Å². The SMILES string of the molecule is Fc1cc(C#CCCS)cc(F)c1Br. The standard InChI is InChI=1S/C10H7BrF2S/c11-10-8(12)5-7(6-9(10)13)3-1-2-4-14/h5-6,14H,2,4H2. The molecule has 1 rings (SSSR count). The largest absolute Gasteiger partial charge is 0.206 e. The molecule has 0 N–H and O–H groups in total. The lowest BCUT2D eigenvalue weighted by Crippen LogP contribution is -1.86. The topological polar surface area (TPSA) is 0 Å². The van der Waals surface area contributed by atoms with Gasteiger partial charge in [0.1, 0.15) is 11.6 Å². The Labute approximate surface area is 95.2 Å². The first-order valence-corrected chi connectivity index (χ1v) is 5.32. The van der Waals surface area contributed by atoms with Crippen molar-refractivity contribution in [2.24, 2.45) is 0 Å². The summed E-state index contributed by atoms with van der Waals surface area (Å²) in [7, 11) is 0. The van der Waals surface area contributed by atoms with Gasteiger partial charge in [-0.3, -0.25) is 0 Å². The van der Waals surface area contributed by atoms with Crippen molar-refractivity contribution in [3.05, 3.63) is 33.8 Å². The van der Waals surface area contributed by atoms with Crippen molar-refractivity contribution in [3.8, 4) is 11.8 Å². The van der Waals surface area contributed by atoms with Crippen molar-refractivity contribution in [1.82, 2.24) is 0 Å². The van der Waals surface area contributed by atoms with E-state index in [4.69, 9.17) is 0 Å². The van der Waals surface area contributed by atoms with Crippen LogP contribution in [0.2, 0.25) is 0 Å². The second-order valence-corrected chi connectivity index (χ2v) is 3.77. The molecule has 74 valence electrons. The fourth-order valence-corrected chi connectivity index (χ4v) is 1.19. The highest BCUT2D eigenvalue weighted by Gasteiger charge is 2.06. The van der Waals surface area contributed by atoms with Crippen LogP contribution < -0.4 is 0 Å². The van der Waals surface area contributed by atoms with Crippen LogP contribution in [-0.2, 0) is 0 Å². The molecule has 0 radical (unpaired) electrons. The lowest BCUT2D eigenvalue weighted by molar-refractivity contribution is 0.571. The molecule has 0 aliphatic heterocycles. The van der Waals surface area contributed by atoms with Crippen molar-refractivity contribution in [1.29, 1.82) is 0 Å². The van der Waals surface area contributed by atoms with Gasteiger partial charge in [0.25, 0.3) is 0 Å². The summed E-state index contributed by atoms with van der Waals surface area (Å²) in [6, 6.07) is 2.39. The van der Waals surface area contributed by atoms with Crippen molar-refractivity contribution >= 4 is 28.6 Å². The highest BCUT2D eigenvalue weighted by Crippen LogP contribution is 2.20. The summed E-state index contributed by atoms with van der Waals surface area (Å²) >= 11 is 6.75.